The maximum Gasteiger partial charge on any atom is 0.266 e. The number of unbranched alkanes of at least 4 members (excludes halogenated alkanes) is 1. The Hall–Kier alpha value is -1.74. The molecule has 6 nitrogen and oxygen atoms in total. The largest absolute Gasteiger partial charge is 0.268 e. The van der Waals surface area contributed by atoms with Crippen LogP contribution in [-0.4, -0.2) is 18.0 Å². The number of halogens is 1. The molecule has 2 heterocycles. The number of primary sulfonamides is 1. The number of nitrogens with two attached hydrogens (primary N) is 1. The van der Waals surface area contributed by atoms with Gasteiger partial charge in [-0.3, -0.25) is 9.36 Å². The topological polar surface area (TPSA) is 95.1 Å². The van der Waals surface area contributed by atoms with Crippen molar-refractivity contribution in [2.75, 3.05) is 0 Å². The number of benzene rings is 1. The SMILES string of the molecule is CCCCc1nc2sc(S(N)(=O)=O)cc2c(=O)n1-c1ccccc1Cl. The molecule has 3 aromatic rings. The zero-order valence-corrected chi connectivity index (χ0v) is 15.8. The summed E-state index contributed by atoms with van der Waals surface area (Å²) < 4.78 is 24.6. The molecule has 0 unspecified atom stereocenters. The number of rotatable bonds is 5. The highest BCUT2D eigenvalue weighted by atomic mass is 35.5. The first-order chi connectivity index (χ1) is 11.8. The Bertz CT molecular complexity index is 1100. The summed E-state index contributed by atoms with van der Waals surface area (Å²) in [5, 5.41) is 5.83. The Kier molecular flexibility index (Phi) is 4.97. The predicted octanol–water partition coefficient (Wildman–Crippen LogP) is 3.09. The van der Waals surface area contributed by atoms with Crippen LogP contribution in [0.4, 0.5) is 0 Å². The van der Waals surface area contributed by atoms with Crippen LogP contribution in [0.1, 0.15) is 25.6 Å². The molecule has 0 spiro atoms. The summed E-state index contributed by atoms with van der Waals surface area (Å²) in [6.45, 7) is 2.04. The van der Waals surface area contributed by atoms with E-state index in [1.807, 2.05) is 6.92 Å². The fourth-order valence-corrected chi connectivity index (χ4v) is 4.50. The number of hydrogen-bond donors (Lipinski definition) is 1. The molecule has 0 saturated heterocycles. The summed E-state index contributed by atoms with van der Waals surface area (Å²) in [7, 11) is -3.89. The molecule has 2 N–H and O–H groups in total. The van der Waals surface area contributed by atoms with E-state index >= 15 is 0 Å². The molecule has 0 fully saturated rings. The van der Waals surface area contributed by atoms with Crippen molar-refractivity contribution in [3.05, 3.63) is 51.5 Å². The van der Waals surface area contributed by atoms with Gasteiger partial charge in [0.25, 0.3) is 5.56 Å². The second-order valence-electron chi connectivity index (χ2n) is 5.55. The quantitative estimate of drug-likeness (QED) is 0.715. The highest BCUT2D eigenvalue weighted by Gasteiger charge is 2.20. The summed E-state index contributed by atoms with van der Waals surface area (Å²) in [6, 6.07) is 8.27. The molecule has 0 aliphatic rings. The monoisotopic (exact) mass is 397 g/mol. The van der Waals surface area contributed by atoms with Gasteiger partial charge in [-0.05, 0) is 24.6 Å². The Morgan fingerprint density at radius 1 is 1.32 bits per heavy atom. The first-order valence-electron chi connectivity index (χ1n) is 7.66. The molecule has 0 atom stereocenters. The Morgan fingerprint density at radius 3 is 2.68 bits per heavy atom. The smallest absolute Gasteiger partial charge is 0.266 e. The Labute approximate surface area is 153 Å². The molecule has 0 saturated carbocycles. The third kappa shape index (κ3) is 3.48. The summed E-state index contributed by atoms with van der Waals surface area (Å²) in [6.07, 6.45) is 2.36. The van der Waals surface area contributed by atoms with Crippen molar-refractivity contribution in [1.82, 2.24) is 9.55 Å². The van der Waals surface area contributed by atoms with Crippen LogP contribution in [0.5, 0.6) is 0 Å². The highest BCUT2D eigenvalue weighted by Crippen LogP contribution is 2.27. The van der Waals surface area contributed by atoms with Crippen molar-refractivity contribution >= 4 is 43.2 Å². The summed E-state index contributed by atoms with van der Waals surface area (Å²) in [4.78, 5) is 17.9. The number of hydrogen-bond acceptors (Lipinski definition) is 5. The number of aryl methyl sites for hydroxylation is 1. The number of thiophene rings is 1. The van der Waals surface area contributed by atoms with Crippen molar-refractivity contribution in [3.8, 4) is 5.69 Å². The van der Waals surface area contributed by atoms with Gasteiger partial charge in [-0.2, -0.15) is 0 Å². The van der Waals surface area contributed by atoms with Crippen molar-refractivity contribution in [3.63, 3.8) is 0 Å². The summed E-state index contributed by atoms with van der Waals surface area (Å²) >= 11 is 7.17. The van der Waals surface area contributed by atoms with Crippen LogP contribution in [0.2, 0.25) is 5.02 Å². The first-order valence-corrected chi connectivity index (χ1v) is 10.4. The Balaban J connectivity index is 2.35. The second kappa shape index (κ2) is 6.87. The lowest BCUT2D eigenvalue weighted by atomic mass is 10.2. The van der Waals surface area contributed by atoms with E-state index in [0.717, 1.165) is 24.2 Å². The Morgan fingerprint density at radius 2 is 2.04 bits per heavy atom. The van der Waals surface area contributed by atoms with Gasteiger partial charge in [-0.15, -0.1) is 11.3 Å². The average Bonchev–Trinajstić information content (AvgIpc) is 2.99. The van der Waals surface area contributed by atoms with Gasteiger partial charge < -0.3 is 0 Å². The van der Waals surface area contributed by atoms with Gasteiger partial charge in [-0.1, -0.05) is 37.1 Å². The average molecular weight is 398 g/mol. The van der Waals surface area contributed by atoms with Gasteiger partial charge in [0.1, 0.15) is 14.9 Å². The van der Waals surface area contributed by atoms with E-state index in [4.69, 9.17) is 16.7 Å². The van der Waals surface area contributed by atoms with Crippen molar-refractivity contribution in [1.29, 1.82) is 0 Å². The van der Waals surface area contributed by atoms with Crippen LogP contribution in [-0.2, 0) is 16.4 Å². The lowest BCUT2D eigenvalue weighted by molar-refractivity contribution is 0.600. The van der Waals surface area contributed by atoms with Gasteiger partial charge in [0.2, 0.25) is 10.0 Å². The lowest BCUT2D eigenvalue weighted by Crippen LogP contribution is -2.23. The fourth-order valence-electron chi connectivity index (χ4n) is 2.52. The number of fused-ring (bicyclic) bond motifs is 1. The van der Waals surface area contributed by atoms with Crippen LogP contribution in [0.25, 0.3) is 15.9 Å². The number of sulfonamides is 1. The minimum Gasteiger partial charge on any atom is -0.268 e. The number of nitrogens with zero attached hydrogens (tertiary/aromatic N) is 2. The molecule has 0 aliphatic heterocycles. The third-order valence-corrected chi connectivity index (χ3v) is 6.51. The molecule has 3 rings (SSSR count). The van der Waals surface area contributed by atoms with Gasteiger partial charge in [0.05, 0.1) is 16.1 Å². The zero-order chi connectivity index (χ0) is 18.2. The summed E-state index contributed by atoms with van der Waals surface area (Å²) in [5.74, 6) is 0.551. The predicted molar refractivity (Wildman–Crippen MR) is 100 cm³/mol. The van der Waals surface area contributed by atoms with E-state index in [1.165, 1.54) is 10.6 Å². The molecular weight excluding hydrogens is 382 g/mol. The molecule has 0 aliphatic carbocycles. The molecule has 2 aromatic heterocycles. The van der Waals surface area contributed by atoms with Crippen LogP contribution < -0.4 is 10.7 Å². The molecule has 25 heavy (non-hydrogen) atoms. The minimum atomic E-state index is -3.89. The summed E-state index contributed by atoms with van der Waals surface area (Å²) in [5.41, 5.74) is 0.174. The normalized spacial score (nSPS) is 12.0. The van der Waals surface area contributed by atoms with Crippen LogP contribution in [0.3, 0.4) is 0 Å². The molecule has 9 heteroatoms. The molecule has 132 valence electrons. The highest BCUT2D eigenvalue weighted by molar-refractivity contribution is 7.91. The van der Waals surface area contributed by atoms with Crippen molar-refractivity contribution < 1.29 is 8.42 Å². The molecule has 0 bridgehead atoms. The van der Waals surface area contributed by atoms with E-state index in [1.54, 1.807) is 24.3 Å². The molecule has 0 radical (unpaired) electrons. The zero-order valence-electron chi connectivity index (χ0n) is 13.4. The van der Waals surface area contributed by atoms with Crippen molar-refractivity contribution in [2.24, 2.45) is 5.14 Å². The van der Waals surface area contributed by atoms with Gasteiger partial charge >= 0.3 is 0 Å². The van der Waals surface area contributed by atoms with E-state index in [2.05, 4.69) is 4.98 Å². The van der Waals surface area contributed by atoms with Crippen LogP contribution in [0, 0.1) is 0 Å². The fraction of sp³-hybridized carbons (Fsp3) is 0.250. The third-order valence-electron chi connectivity index (χ3n) is 3.74. The van der Waals surface area contributed by atoms with E-state index in [0.29, 0.717) is 27.8 Å². The number of para-hydroxylation sites is 1. The van der Waals surface area contributed by atoms with Crippen LogP contribution in [0.15, 0.2) is 39.3 Å². The van der Waals surface area contributed by atoms with Gasteiger partial charge in [0.15, 0.2) is 0 Å². The molecular formula is C16H16ClN3O3S2. The maximum atomic E-state index is 13.0. The second-order valence-corrected chi connectivity index (χ2v) is 8.78. The van der Waals surface area contributed by atoms with Gasteiger partial charge in [-0.25, -0.2) is 18.5 Å². The maximum absolute atomic E-state index is 13.0. The standard InChI is InChI=1S/C16H16ClN3O3S2/c1-2-3-8-13-19-15-10(9-14(24-15)25(18,22)23)16(21)20(13)12-7-5-4-6-11(12)17/h4-7,9H,2-3,8H2,1H3,(H2,18,22,23). The molecule has 0 amide bonds. The lowest BCUT2D eigenvalue weighted by Gasteiger charge is -2.13. The van der Waals surface area contributed by atoms with E-state index < -0.39 is 10.0 Å². The number of aromatic nitrogens is 2. The van der Waals surface area contributed by atoms with Crippen molar-refractivity contribution in [2.45, 2.75) is 30.4 Å². The van der Waals surface area contributed by atoms with E-state index in [-0.39, 0.29) is 15.2 Å². The minimum absolute atomic E-state index is 0.0783. The van der Waals surface area contributed by atoms with Crippen LogP contribution >= 0.6 is 22.9 Å². The first kappa shape index (κ1) is 18.1. The van der Waals surface area contributed by atoms with Gasteiger partial charge in [0, 0.05) is 6.42 Å². The van der Waals surface area contributed by atoms with E-state index in [9.17, 15) is 13.2 Å². The molecule has 1 aromatic carbocycles.